The zero-order chi connectivity index (χ0) is 17.3. The van der Waals surface area contributed by atoms with Gasteiger partial charge in [0.15, 0.2) is 0 Å². The third-order valence-corrected chi connectivity index (χ3v) is 5.44. The van der Waals surface area contributed by atoms with Crippen molar-refractivity contribution in [3.05, 3.63) is 68.1 Å². The van der Waals surface area contributed by atoms with Gasteiger partial charge in [0.1, 0.15) is 6.04 Å². The van der Waals surface area contributed by atoms with Gasteiger partial charge in [-0.25, -0.2) is 0 Å². The van der Waals surface area contributed by atoms with Crippen LogP contribution in [-0.4, -0.2) is 5.91 Å². The SMILES string of the molecule is N#CC(NC(=O)C1CC1c1cccc(Br)c1)c1cccc(Cl)c1Cl. The number of hydrogen-bond donors (Lipinski definition) is 1. The van der Waals surface area contributed by atoms with Crippen LogP contribution in [0, 0.1) is 17.2 Å². The summed E-state index contributed by atoms with van der Waals surface area (Å²) in [5.41, 5.74) is 1.64. The third kappa shape index (κ3) is 3.59. The monoisotopic (exact) mass is 422 g/mol. The lowest BCUT2D eigenvalue weighted by Crippen LogP contribution is -2.29. The van der Waals surface area contributed by atoms with E-state index in [2.05, 4.69) is 27.3 Å². The maximum absolute atomic E-state index is 12.5. The van der Waals surface area contributed by atoms with Crippen LogP contribution in [0.2, 0.25) is 10.0 Å². The highest BCUT2D eigenvalue weighted by molar-refractivity contribution is 9.10. The van der Waals surface area contributed by atoms with Gasteiger partial charge in [0, 0.05) is 16.0 Å². The fraction of sp³-hybridized carbons (Fsp3) is 0.222. The first-order valence-electron chi connectivity index (χ1n) is 7.40. The number of nitrogens with zero attached hydrogens (tertiary/aromatic N) is 1. The Kier molecular flexibility index (Phi) is 5.15. The number of carbonyl (C=O) groups is 1. The molecule has 0 saturated heterocycles. The largest absolute Gasteiger partial charge is 0.336 e. The van der Waals surface area contributed by atoms with E-state index in [0.29, 0.717) is 15.6 Å². The Balaban J connectivity index is 1.71. The topological polar surface area (TPSA) is 52.9 Å². The van der Waals surface area contributed by atoms with Gasteiger partial charge in [0.25, 0.3) is 0 Å². The highest BCUT2D eigenvalue weighted by atomic mass is 79.9. The summed E-state index contributed by atoms with van der Waals surface area (Å²) >= 11 is 15.6. The van der Waals surface area contributed by atoms with Crippen molar-refractivity contribution in [1.82, 2.24) is 5.32 Å². The van der Waals surface area contributed by atoms with Gasteiger partial charge in [-0.2, -0.15) is 5.26 Å². The van der Waals surface area contributed by atoms with Crippen LogP contribution in [0.5, 0.6) is 0 Å². The minimum Gasteiger partial charge on any atom is -0.336 e. The second kappa shape index (κ2) is 7.14. The number of rotatable bonds is 4. The maximum atomic E-state index is 12.5. The van der Waals surface area contributed by atoms with Crippen molar-refractivity contribution in [2.45, 2.75) is 18.4 Å². The fourth-order valence-corrected chi connectivity index (χ4v) is 3.60. The summed E-state index contributed by atoms with van der Waals surface area (Å²) in [6, 6.07) is 14.3. The molecule has 0 spiro atoms. The summed E-state index contributed by atoms with van der Waals surface area (Å²) in [5, 5.41) is 12.8. The number of amides is 1. The van der Waals surface area contributed by atoms with Crippen molar-refractivity contribution in [1.29, 1.82) is 5.26 Å². The molecule has 3 rings (SSSR count). The molecule has 122 valence electrons. The summed E-state index contributed by atoms with van der Waals surface area (Å²) in [6.07, 6.45) is 0.781. The van der Waals surface area contributed by atoms with Crippen LogP contribution < -0.4 is 5.32 Å². The zero-order valence-electron chi connectivity index (χ0n) is 12.5. The Hall–Kier alpha value is -1.54. The first kappa shape index (κ1) is 17.3. The Morgan fingerprint density at radius 3 is 2.75 bits per heavy atom. The smallest absolute Gasteiger partial charge is 0.225 e. The van der Waals surface area contributed by atoms with Gasteiger partial charge in [-0.3, -0.25) is 4.79 Å². The number of nitrogens with one attached hydrogen (secondary N) is 1. The number of benzene rings is 2. The normalized spacial score (nSPS) is 20.1. The molecule has 0 aliphatic heterocycles. The maximum Gasteiger partial charge on any atom is 0.225 e. The van der Waals surface area contributed by atoms with E-state index < -0.39 is 6.04 Å². The van der Waals surface area contributed by atoms with E-state index in [0.717, 1.165) is 16.5 Å². The summed E-state index contributed by atoms with van der Waals surface area (Å²) in [7, 11) is 0. The van der Waals surface area contributed by atoms with E-state index in [4.69, 9.17) is 23.2 Å². The Labute approximate surface area is 158 Å². The summed E-state index contributed by atoms with van der Waals surface area (Å²) in [6.45, 7) is 0. The van der Waals surface area contributed by atoms with E-state index in [9.17, 15) is 10.1 Å². The van der Waals surface area contributed by atoms with E-state index in [1.807, 2.05) is 24.3 Å². The van der Waals surface area contributed by atoms with Crippen molar-refractivity contribution in [2.75, 3.05) is 0 Å². The highest BCUT2D eigenvalue weighted by Gasteiger charge is 2.44. The Bertz CT molecular complexity index is 834. The molecule has 1 N–H and O–H groups in total. The lowest BCUT2D eigenvalue weighted by Gasteiger charge is -2.14. The van der Waals surface area contributed by atoms with Gasteiger partial charge >= 0.3 is 0 Å². The average Bonchev–Trinajstić information content (AvgIpc) is 3.36. The van der Waals surface area contributed by atoms with Crippen molar-refractivity contribution in [3.8, 4) is 6.07 Å². The summed E-state index contributed by atoms with van der Waals surface area (Å²) in [4.78, 5) is 12.5. The highest BCUT2D eigenvalue weighted by Crippen LogP contribution is 2.48. The van der Waals surface area contributed by atoms with Crippen LogP contribution in [0.1, 0.15) is 29.5 Å². The lowest BCUT2D eigenvalue weighted by atomic mass is 10.1. The molecule has 3 unspecified atom stereocenters. The Morgan fingerprint density at radius 1 is 1.29 bits per heavy atom. The number of halogens is 3. The van der Waals surface area contributed by atoms with Crippen LogP contribution in [0.15, 0.2) is 46.9 Å². The molecule has 1 amide bonds. The van der Waals surface area contributed by atoms with E-state index >= 15 is 0 Å². The average molecular weight is 424 g/mol. The van der Waals surface area contributed by atoms with E-state index in [-0.39, 0.29) is 17.7 Å². The van der Waals surface area contributed by atoms with E-state index in [1.54, 1.807) is 18.2 Å². The molecule has 1 fully saturated rings. The standard InChI is InChI=1S/C18H13BrCl2N2O/c19-11-4-1-3-10(7-11)13-8-14(13)18(24)23-16(9-22)12-5-2-6-15(20)17(12)21/h1-7,13-14,16H,8H2,(H,23,24). The number of carbonyl (C=O) groups excluding carboxylic acids is 1. The van der Waals surface area contributed by atoms with Crippen LogP contribution >= 0.6 is 39.1 Å². The van der Waals surface area contributed by atoms with Gasteiger partial charge in [-0.05, 0) is 36.1 Å². The molecule has 0 aromatic heterocycles. The minimum atomic E-state index is -0.813. The van der Waals surface area contributed by atoms with Gasteiger partial charge < -0.3 is 5.32 Å². The molecule has 3 atom stereocenters. The van der Waals surface area contributed by atoms with Crippen molar-refractivity contribution < 1.29 is 4.79 Å². The minimum absolute atomic E-state index is 0.117. The molecule has 1 saturated carbocycles. The molecule has 0 radical (unpaired) electrons. The molecule has 1 aliphatic rings. The predicted molar refractivity (Wildman–Crippen MR) is 97.9 cm³/mol. The number of hydrogen-bond acceptors (Lipinski definition) is 2. The molecule has 0 bridgehead atoms. The molecule has 2 aromatic rings. The number of nitriles is 1. The second-order valence-corrected chi connectivity index (χ2v) is 7.42. The molecule has 3 nitrogen and oxygen atoms in total. The molecule has 1 aliphatic carbocycles. The van der Waals surface area contributed by atoms with Crippen molar-refractivity contribution in [3.63, 3.8) is 0 Å². The van der Waals surface area contributed by atoms with Crippen molar-refractivity contribution >= 4 is 45.0 Å². The van der Waals surface area contributed by atoms with E-state index in [1.165, 1.54) is 0 Å². The van der Waals surface area contributed by atoms with Crippen LogP contribution in [0.3, 0.4) is 0 Å². The fourth-order valence-electron chi connectivity index (χ4n) is 2.76. The van der Waals surface area contributed by atoms with Gasteiger partial charge in [0.2, 0.25) is 5.91 Å². The van der Waals surface area contributed by atoms with Crippen LogP contribution in [0.4, 0.5) is 0 Å². The van der Waals surface area contributed by atoms with Gasteiger partial charge in [0.05, 0.1) is 16.1 Å². The molecule has 24 heavy (non-hydrogen) atoms. The third-order valence-electron chi connectivity index (χ3n) is 4.11. The summed E-state index contributed by atoms with van der Waals surface area (Å²) in [5.74, 6) is -0.0626. The molecule has 6 heteroatoms. The van der Waals surface area contributed by atoms with Crippen LogP contribution in [-0.2, 0) is 4.79 Å². The van der Waals surface area contributed by atoms with Crippen molar-refractivity contribution in [2.24, 2.45) is 5.92 Å². The lowest BCUT2D eigenvalue weighted by molar-refractivity contribution is -0.122. The first-order chi connectivity index (χ1) is 11.5. The first-order valence-corrected chi connectivity index (χ1v) is 8.95. The Morgan fingerprint density at radius 2 is 2.04 bits per heavy atom. The van der Waals surface area contributed by atoms with Crippen LogP contribution in [0.25, 0.3) is 0 Å². The summed E-state index contributed by atoms with van der Waals surface area (Å²) < 4.78 is 0.992. The van der Waals surface area contributed by atoms with Gasteiger partial charge in [-0.1, -0.05) is 63.4 Å². The molecular weight excluding hydrogens is 411 g/mol. The zero-order valence-corrected chi connectivity index (χ0v) is 15.6. The quantitative estimate of drug-likeness (QED) is 0.730. The second-order valence-electron chi connectivity index (χ2n) is 5.72. The molecule has 2 aromatic carbocycles. The molecular formula is C18H13BrCl2N2O. The van der Waals surface area contributed by atoms with Gasteiger partial charge in [-0.15, -0.1) is 0 Å². The molecule has 0 heterocycles. The predicted octanol–water partition coefficient (Wildman–Crippen LogP) is 5.24.